The predicted molar refractivity (Wildman–Crippen MR) is 63.4 cm³/mol. The van der Waals surface area contributed by atoms with Crippen molar-refractivity contribution in [3.63, 3.8) is 0 Å². The summed E-state index contributed by atoms with van der Waals surface area (Å²) in [7, 11) is 0. The zero-order chi connectivity index (χ0) is 11.1. The molecular weight excluding hydrogens is 196 g/mol. The second-order valence-corrected chi connectivity index (χ2v) is 6.45. The van der Waals surface area contributed by atoms with Crippen LogP contribution in [-0.2, 0) is 0 Å². The third-order valence-electron chi connectivity index (χ3n) is 5.35. The van der Waals surface area contributed by atoms with Gasteiger partial charge in [0.25, 0.3) is 0 Å². The second-order valence-electron chi connectivity index (χ2n) is 6.45. The largest absolute Gasteiger partial charge is 0.327 e. The third-order valence-corrected chi connectivity index (χ3v) is 5.35. The molecule has 0 amide bonds. The van der Waals surface area contributed by atoms with Gasteiger partial charge in [0.1, 0.15) is 0 Å². The summed E-state index contributed by atoms with van der Waals surface area (Å²) < 4.78 is 0. The van der Waals surface area contributed by atoms with Gasteiger partial charge in [-0.3, -0.25) is 0 Å². The molecule has 1 atom stereocenters. The highest BCUT2D eigenvalue weighted by Crippen LogP contribution is 2.57. The summed E-state index contributed by atoms with van der Waals surface area (Å²) >= 11 is 0. The van der Waals surface area contributed by atoms with E-state index in [0.717, 1.165) is 36.0 Å². The average molecular weight is 218 g/mol. The van der Waals surface area contributed by atoms with Crippen molar-refractivity contribution in [2.24, 2.45) is 35.3 Å². The molecule has 0 heterocycles. The first kappa shape index (κ1) is 10.6. The van der Waals surface area contributed by atoms with E-state index in [1.54, 1.807) is 0 Å². The monoisotopic (exact) mass is 218 g/mol. The van der Waals surface area contributed by atoms with Crippen LogP contribution in [0.25, 0.3) is 0 Å². The number of hydrogen-bond donors (Lipinski definition) is 1. The van der Waals surface area contributed by atoms with Crippen molar-refractivity contribution in [2.45, 2.75) is 51.0 Å². The molecule has 2 N–H and O–H groups in total. The van der Waals surface area contributed by atoms with E-state index in [9.17, 15) is 0 Å². The Balaban J connectivity index is 1.66. The third kappa shape index (κ3) is 1.76. The van der Waals surface area contributed by atoms with Gasteiger partial charge >= 0.3 is 0 Å². The van der Waals surface area contributed by atoms with Gasteiger partial charge < -0.3 is 5.73 Å². The van der Waals surface area contributed by atoms with E-state index in [-0.39, 0.29) is 6.04 Å². The average Bonchev–Trinajstić information content (AvgIpc) is 2.23. The summed E-state index contributed by atoms with van der Waals surface area (Å²) in [6.07, 6.45) is 9.05. The van der Waals surface area contributed by atoms with Crippen LogP contribution in [0.5, 0.6) is 0 Å². The minimum absolute atomic E-state index is 0.132. The van der Waals surface area contributed by atoms with Gasteiger partial charge in [0.05, 0.1) is 12.5 Å². The van der Waals surface area contributed by atoms with Crippen LogP contribution in [0.4, 0.5) is 0 Å². The fourth-order valence-electron chi connectivity index (χ4n) is 4.97. The van der Waals surface area contributed by atoms with Gasteiger partial charge in [-0.1, -0.05) is 0 Å². The lowest BCUT2D eigenvalue weighted by Crippen LogP contribution is -2.46. The predicted octanol–water partition coefficient (Wildman–Crippen LogP) is 2.69. The van der Waals surface area contributed by atoms with Crippen molar-refractivity contribution in [1.29, 1.82) is 5.26 Å². The Morgan fingerprint density at radius 1 is 1.06 bits per heavy atom. The highest BCUT2D eigenvalue weighted by molar-refractivity contribution is 4.99. The van der Waals surface area contributed by atoms with Crippen molar-refractivity contribution >= 4 is 0 Å². The van der Waals surface area contributed by atoms with Crippen molar-refractivity contribution in [2.75, 3.05) is 0 Å². The second kappa shape index (κ2) is 4.04. The van der Waals surface area contributed by atoms with Crippen LogP contribution in [0.3, 0.4) is 0 Å². The van der Waals surface area contributed by atoms with Crippen molar-refractivity contribution in [3.8, 4) is 6.07 Å². The molecule has 0 radical (unpaired) electrons. The fourth-order valence-corrected chi connectivity index (χ4v) is 4.97. The normalized spacial score (nSPS) is 46.6. The van der Waals surface area contributed by atoms with Gasteiger partial charge in [-0.05, 0) is 68.1 Å². The van der Waals surface area contributed by atoms with Crippen LogP contribution in [0, 0.1) is 40.9 Å². The molecule has 0 aromatic heterocycles. The van der Waals surface area contributed by atoms with E-state index >= 15 is 0 Å². The van der Waals surface area contributed by atoms with E-state index in [1.807, 2.05) is 0 Å². The van der Waals surface area contributed by atoms with Crippen LogP contribution in [-0.4, -0.2) is 6.04 Å². The van der Waals surface area contributed by atoms with Crippen LogP contribution in [0.2, 0.25) is 0 Å². The Labute approximate surface area is 98.2 Å². The first-order valence-corrected chi connectivity index (χ1v) is 6.88. The summed E-state index contributed by atoms with van der Waals surface area (Å²) in [6.45, 7) is 0. The van der Waals surface area contributed by atoms with E-state index in [0.29, 0.717) is 6.42 Å². The maximum Gasteiger partial charge on any atom is 0.0638 e. The molecule has 0 aliphatic heterocycles. The van der Waals surface area contributed by atoms with E-state index in [2.05, 4.69) is 6.07 Å². The molecule has 1 unspecified atom stereocenters. The Morgan fingerprint density at radius 2 is 1.62 bits per heavy atom. The van der Waals surface area contributed by atoms with Crippen LogP contribution in [0.1, 0.15) is 44.9 Å². The number of nitriles is 1. The zero-order valence-electron chi connectivity index (χ0n) is 9.94. The van der Waals surface area contributed by atoms with E-state index in [4.69, 9.17) is 11.0 Å². The Kier molecular flexibility index (Phi) is 2.67. The molecule has 16 heavy (non-hydrogen) atoms. The minimum Gasteiger partial charge on any atom is -0.327 e. The van der Waals surface area contributed by atoms with Crippen LogP contribution >= 0.6 is 0 Å². The van der Waals surface area contributed by atoms with Crippen molar-refractivity contribution < 1.29 is 0 Å². The fraction of sp³-hybridized carbons (Fsp3) is 0.929. The molecule has 4 aliphatic carbocycles. The number of nitrogens with two attached hydrogens (primary N) is 1. The lowest BCUT2D eigenvalue weighted by Gasteiger charge is -2.55. The van der Waals surface area contributed by atoms with Crippen molar-refractivity contribution in [1.82, 2.24) is 0 Å². The maximum atomic E-state index is 8.69. The van der Waals surface area contributed by atoms with Crippen molar-refractivity contribution in [3.05, 3.63) is 0 Å². The highest BCUT2D eigenvalue weighted by Gasteiger charge is 2.48. The molecule has 2 heteroatoms. The molecule has 0 saturated heterocycles. The topological polar surface area (TPSA) is 49.8 Å². The van der Waals surface area contributed by atoms with Crippen LogP contribution in [0.15, 0.2) is 0 Å². The molecule has 4 aliphatic rings. The minimum atomic E-state index is 0.132. The van der Waals surface area contributed by atoms with Gasteiger partial charge in [-0.2, -0.15) is 5.26 Å². The summed E-state index contributed by atoms with van der Waals surface area (Å²) in [6, 6.07) is 2.35. The molecule has 4 rings (SSSR count). The van der Waals surface area contributed by atoms with Gasteiger partial charge in [-0.15, -0.1) is 0 Å². The van der Waals surface area contributed by atoms with Gasteiger partial charge in [0, 0.05) is 6.04 Å². The summed E-state index contributed by atoms with van der Waals surface area (Å²) in [5.41, 5.74) is 6.04. The Morgan fingerprint density at radius 3 is 2.12 bits per heavy atom. The summed E-state index contributed by atoms with van der Waals surface area (Å²) in [4.78, 5) is 0. The van der Waals surface area contributed by atoms with Gasteiger partial charge in [-0.25, -0.2) is 0 Å². The number of nitrogens with zero attached hydrogens (tertiary/aromatic N) is 1. The quantitative estimate of drug-likeness (QED) is 0.791. The smallest absolute Gasteiger partial charge is 0.0638 e. The molecule has 88 valence electrons. The molecule has 0 aromatic carbocycles. The summed E-state index contributed by atoms with van der Waals surface area (Å²) in [5.74, 6) is 4.87. The zero-order valence-corrected chi connectivity index (χ0v) is 9.94. The molecule has 4 saturated carbocycles. The van der Waals surface area contributed by atoms with Gasteiger partial charge in [0.15, 0.2) is 0 Å². The molecule has 4 fully saturated rings. The first-order chi connectivity index (χ1) is 7.76. The molecule has 0 spiro atoms. The van der Waals surface area contributed by atoms with E-state index in [1.165, 1.54) is 32.1 Å². The molecular formula is C14H22N2. The Hall–Kier alpha value is -0.550. The van der Waals surface area contributed by atoms with Crippen LogP contribution < -0.4 is 5.73 Å². The maximum absolute atomic E-state index is 8.69. The highest BCUT2D eigenvalue weighted by atomic mass is 14.6. The summed E-state index contributed by atoms with van der Waals surface area (Å²) in [5, 5.41) is 8.69. The molecule has 0 aromatic rings. The molecule has 4 bridgehead atoms. The van der Waals surface area contributed by atoms with Gasteiger partial charge in [0.2, 0.25) is 0 Å². The SMILES string of the molecule is N#CCC(N)CC1C2CC3CC(C2)CC1C3. The number of hydrogen-bond acceptors (Lipinski definition) is 2. The first-order valence-electron chi connectivity index (χ1n) is 6.88. The standard InChI is InChI=1S/C14H22N2/c15-2-1-13(16)8-14-11-4-9-3-10(6-11)7-12(14)5-9/h9-14H,1,3-8,16H2. The molecule has 2 nitrogen and oxygen atoms in total. The Bertz CT molecular complexity index is 276. The lowest BCUT2D eigenvalue weighted by molar-refractivity contribution is -0.0418. The van der Waals surface area contributed by atoms with E-state index < -0.39 is 0 Å². The number of rotatable bonds is 3. The lowest BCUT2D eigenvalue weighted by atomic mass is 9.51.